The van der Waals surface area contributed by atoms with Crippen molar-refractivity contribution >= 4 is 5.91 Å². The van der Waals surface area contributed by atoms with Crippen molar-refractivity contribution in [2.24, 2.45) is 5.41 Å². The molecule has 0 aliphatic carbocycles. The molecule has 156 valence electrons. The fourth-order valence-corrected chi connectivity index (χ4v) is 4.83. The van der Waals surface area contributed by atoms with Gasteiger partial charge in [-0.15, -0.1) is 0 Å². The molecule has 2 fully saturated rings. The van der Waals surface area contributed by atoms with Gasteiger partial charge in [-0.2, -0.15) is 5.10 Å². The smallest absolute Gasteiger partial charge is 0.222 e. The van der Waals surface area contributed by atoms with E-state index in [9.17, 15) is 4.79 Å². The topological polar surface area (TPSA) is 54.3 Å². The normalized spacial score (nSPS) is 19.8. The molecule has 1 spiro atoms. The van der Waals surface area contributed by atoms with Gasteiger partial charge < -0.3 is 4.90 Å². The third-order valence-corrected chi connectivity index (χ3v) is 6.82. The van der Waals surface area contributed by atoms with Crippen molar-refractivity contribution in [2.45, 2.75) is 59.0 Å². The molecule has 0 aromatic carbocycles. The molecule has 4 heterocycles. The molecular weight excluding hydrogens is 362 g/mol. The maximum atomic E-state index is 12.5. The van der Waals surface area contributed by atoms with E-state index in [2.05, 4.69) is 46.0 Å². The third kappa shape index (κ3) is 4.69. The van der Waals surface area contributed by atoms with Gasteiger partial charge in [0.25, 0.3) is 0 Å². The number of hydrogen-bond acceptors (Lipinski definition) is 4. The average molecular weight is 396 g/mol. The number of rotatable bonds is 6. The molecule has 1 amide bonds. The van der Waals surface area contributed by atoms with Crippen LogP contribution in [0, 0.1) is 12.3 Å². The van der Waals surface area contributed by atoms with Crippen molar-refractivity contribution in [3.05, 3.63) is 47.5 Å². The SMILES string of the molecule is CCn1cc(CN2CCC3(CCC(=O)N(CCc4cccnc4)C3)CC2)c(C)n1. The molecule has 0 saturated carbocycles. The Bertz CT molecular complexity index is 823. The summed E-state index contributed by atoms with van der Waals surface area (Å²) >= 11 is 0. The first-order chi connectivity index (χ1) is 14.1. The van der Waals surface area contributed by atoms with E-state index < -0.39 is 0 Å². The summed E-state index contributed by atoms with van der Waals surface area (Å²) < 4.78 is 2.03. The van der Waals surface area contributed by atoms with E-state index in [0.29, 0.717) is 17.7 Å². The van der Waals surface area contributed by atoms with Crippen molar-refractivity contribution < 1.29 is 4.79 Å². The number of piperidine rings is 2. The quantitative estimate of drug-likeness (QED) is 0.754. The molecule has 6 heteroatoms. The van der Waals surface area contributed by atoms with Crippen molar-refractivity contribution in [2.75, 3.05) is 26.2 Å². The highest BCUT2D eigenvalue weighted by atomic mass is 16.2. The molecule has 2 aliphatic heterocycles. The van der Waals surface area contributed by atoms with Crippen LogP contribution >= 0.6 is 0 Å². The highest BCUT2D eigenvalue weighted by Gasteiger charge is 2.40. The number of hydrogen-bond donors (Lipinski definition) is 0. The first-order valence-corrected chi connectivity index (χ1v) is 11.0. The zero-order chi connectivity index (χ0) is 20.3. The van der Waals surface area contributed by atoms with Gasteiger partial charge >= 0.3 is 0 Å². The number of aryl methyl sites for hydroxylation is 2. The predicted octanol–water partition coefficient (Wildman–Crippen LogP) is 3.05. The van der Waals surface area contributed by atoms with Crippen LogP contribution in [0.3, 0.4) is 0 Å². The fourth-order valence-electron chi connectivity index (χ4n) is 4.83. The molecule has 0 unspecified atom stereocenters. The number of amides is 1. The number of aromatic nitrogens is 3. The Morgan fingerprint density at radius 3 is 2.72 bits per heavy atom. The van der Waals surface area contributed by atoms with E-state index in [1.807, 2.05) is 16.9 Å². The Balaban J connectivity index is 1.32. The van der Waals surface area contributed by atoms with Gasteiger partial charge in [-0.05, 0) is 69.7 Å². The average Bonchev–Trinajstić information content (AvgIpc) is 3.11. The first-order valence-electron chi connectivity index (χ1n) is 11.0. The third-order valence-electron chi connectivity index (χ3n) is 6.82. The zero-order valence-electron chi connectivity index (χ0n) is 17.8. The molecule has 29 heavy (non-hydrogen) atoms. The molecule has 0 N–H and O–H groups in total. The van der Waals surface area contributed by atoms with E-state index >= 15 is 0 Å². The van der Waals surface area contributed by atoms with Gasteiger partial charge in [0.1, 0.15) is 0 Å². The minimum absolute atomic E-state index is 0.308. The second kappa shape index (κ2) is 8.66. The molecule has 2 aromatic heterocycles. The van der Waals surface area contributed by atoms with Gasteiger partial charge in [-0.3, -0.25) is 19.4 Å². The monoisotopic (exact) mass is 395 g/mol. The Hall–Kier alpha value is -2.21. The highest BCUT2D eigenvalue weighted by molar-refractivity contribution is 5.77. The van der Waals surface area contributed by atoms with Gasteiger partial charge in [0.05, 0.1) is 5.69 Å². The van der Waals surface area contributed by atoms with Gasteiger partial charge in [-0.1, -0.05) is 6.07 Å². The summed E-state index contributed by atoms with van der Waals surface area (Å²) in [6.45, 7) is 10.1. The van der Waals surface area contributed by atoms with E-state index in [1.54, 1.807) is 6.20 Å². The van der Waals surface area contributed by atoms with Gasteiger partial charge in [0.2, 0.25) is 5.91 Å². The molecular formula is C23H33N5O. The standard InChI is InChI=1S/C23H33N5O/c1-3-28-17-21(19(2)25-28)16-26-13-9-23(10-14-26)8-6-22(29)27(18-23)12-7-20-5-4-11-24-15-20/h4-5,11,15,17H,3,6-10,12-14,16,18H2,1-2H3. The highest BCUT2D eigenvalue weighted by Crippen LogP contribution is 2.40. The second-order valence-electron chi connectivity index (χ2n) is 8.80. The summed E-state index contributed by atoms with van der Waals surface area (Å²) in [6.07, 6.45) is 10.9. The Morgan fingerprint density at radius 2 is 2.03 bits per heavy atom. The molecule has 2 aromatic rings. The summed E-state index contributed by atoms with van der Waals surface area (Å²) in [5.74, 6) is 0.324. The molecule has 0 radical (unpaired) electrons. The van der Waals surface area contributed by atoms with E-state index in [4.69, 9.17) is 0 Å². The molecule has 2 aliphatic rings. The van der Waals surface area contributed by atoms with Crippen LogP contribution in [-0.2, 0) is 24.3 Å². The molecule has 0 atom stereocenters. The molecule has 2 saturated heterocycles. The lowest BCUT2D eigenvalue weighted by molar-refractivity contribution is -0.139. The second-order valence-corrected chi connectivity index (χ2v) is 8.80. The van der Waals surface area contributed by atoms with Gasteiger partial charge in [0.15, 0.2) is 0 Å². The van der Waals surface area contributed by atoms with E-state index in [0.717, 1.165) is 57.8 Å². The van der Waals surface area contributed by atoms with Crippen LogP contribution in [0.1, 0.15) is 49.4 Å². The van der Waals surface area contributed by atoms with E-state index in [-0.39, 0.29) is 0 Å². The van der Waals surface area contributed by atoms with Gasteiger partial charge in [-0.25, -0.2) is 0 Å². The zero-order valence-corrected chi connectivity index (χ0v) is 17.8. The summed E-state index contributed by atoms with van der Waals surface area (Å²) in [7, 11) is 0. The Morgan fingerprint density at radius 1 is 1.21 bits per heavy atom. The van der Waals surface area contributed by atoms with Gasteiger partial charge in [0, 0.05) is 56.8 Å². The van der Waals surface area contributed by atoms with Crippen LogP contribution in [0.15, 0.2) is 30.7 Å². The number of pyridine rings is 1. The summed E-state index contributed by atoms with van der Waals surface area (Å²) in [4.78, 5) is 21.4. The summed E-state index contributed by atoms with van der Waals surface area (Å²) in [6, 6.07) is 4.06. The lowest BCUT2D eigenvalue weighted by atomic mass is 9.72. The Kier molecular flexibility index (Phi) is 5.99. The number of likely N-dealkylation sites (tertiary alicyclic amines) is 2. The number of carbonyl (C=O) groups is 1. The van der Waals surface area contributed by atoms with Crippen LogP contribution in [0.2, 0.25) is 0 Å². The van der Waals surface area contributed by atoms with Crippen LogP contribution in [0.25, 0.3) is 0 Å². The maximum Gasteiger partial charge on any atom is 0.222 e. The van der Waals surface area contributed by atoms with Crippen molar-refractivity contribution in [1.29, 1.82) is 0 Å². The summed E-state index contributed by atoms with van der Waals surface area (Å²) in [5, 5.41) is 4.58. The summed E-state index contributed by atoms with van der Waals surface area (Å²) in [5.41, 5.74) is 4.01. The molecule has 4 rings (SSSR count). The molecule has 0 bridgehead atoms. The number of carbonyl (C=O) groups excluding carboxylic acids is 1. The fraction of sp³-hybridized carbons (Fsp3) is 0.609. The predicted molar refractivity (Wildman–Crippen MR) is 113 cm³/mol. The number of nitrogens with zero attached hydrogens (tertiary/aromatic N) is 5. The van der Waals surface area contributed by atoms with Crippen LogP contribution < -0.4 is 0 Å². The van der Waals surface area contributed by atoms with Crippen LogP contribution in [0.4, 0.5) is 0 Å². The largest absolute Gasteiger partial charge is 0.342 e. The maximum absolute atomic E-state index is 12.5. The van der Waals surface area contributed by atoms with Crippen LogP contribution in [0.5, 0.6) is 0 Å². The van der Waals surface area contributed by atoms with Crippen LogP contribution in [-0.4, -0.2) is 56.7 Å². The van der Waals surface area contributed by atoms with Crippen molar-refractivity contribution in [3.63, 3.8) is 0 Å². The van der Waals surface area contributed by atoms with Crippen molar-refractivity contribution in [3.8, 4) is 0 Å². The van der Waals surface area contributed by atoms with Crippen molar-refractivity contribution in [1.82, 2.24) is 24.6 Å². The minimum Gasteiger partial charge on any atom is -0.342 e. The lowest BCUT2D eigenvalue weighted by Crippen LogP contribution is -2.51. The first kappa shape index (κ1) is 20.1. The molecule has 6 nitrogen and oxygen atoms in total. The lowest BCUT2D eigenvalue weighted by Gasteiger charge is -2.47. The van der Waals surface area contributed by atoms with E-state index in [1.165, 1.54) is 24.0 Å². The minimum atomic E-state index is 0.308. The Labute approximate surface area is 173 Å².